The number of rotatable bonds is 3. The van der Waals surface area contributed by atoms with Crippen molar-refractivity contribution in [2.24, 2.45) is 0 Å². The minimum absolute atomic E-state index is 0.0374. The summed E-state index contributed by atoms with van der Waals surface area (Å²) in [7, 11) is 0. The van der Waals surface area contributed by atoms with Gasteiger partial charge in [-0.3, -0.25) is 0 Å². The number of carboxylic acid groups (broad SMARTS) is 1. The topological polar surface area (TPSA) is 72.3 Å². The lowest BCUT2D eigenvalue weighted by molar-refractivity contribution is 0.0694. The highest BCUT2D eigenvalue weighted by Crippen LogP contribution is 2.26. The van der Waals surface area contributed by atoms with Crippen molar-refractivity contribution in [1.82, 2.24) is 9.97 Å². The molecule has 0 aliphatic rings. The van der Waals surface area contributed by atoms with E-state index in [1.54, 1.807) is 12.4 Å². The third kappa shape index (κ3) is 3.08. The number of halogens is 2. The van der Waals surface area contributed by atoms with E-state index in [9.17, 15) is 4.79 Å². The summed E-state index contributed by atoms with van der Waals surface area (Å²) >= 11 is 7.79. The highest BCUT2D eigenvalue weighted by molar-refractivity contribution is 14.1. The molecule has 1 aromatic carbocycles. The third-order valence-corrected chi connectivity index (χ3v) is 2.76. The Morgan fingerprint density at radius 2 is 2.00 bits per heavy atom. The van der Waals surface area contributed by atoms with Crippen LogP contribution in [0.2, 0.25) is 5.02 Å². The van der Waals surface area contributed by atoms with Crippen molar-refractivity contribution >= 4 is 40.2 Å². The molecule has 0 saturated heterocycles. The van der Waals surface area contributed by atoms with Gasteiger partial charge >= 0.3 is 12.0 Å². The molecule has 92 valence electrons. The minimum atomic E-state index is -1.13. The van der Waals surface area contributed by atoms with Gasteiger partial charge in [0, 0.05) is 21.0 Å². The molecule has 0 amide bonds. The average Bonchev–Trinajstić information content (AvgIpc) is 2.34. The van der Waals surface area contributed by atoms with Crippen molar-refractivity contribution in [2.75, 3.05) is 0 Å². The van der Waals surface area contributed by atoms with Crippen LogP contribution in [0.3, 0.4) is 0 Å². The Morgan fingerprint density at radius 1 is 1.33 bits per heavy atom. The molecular weight excluding hydrogens is 370 g/mol. The molecule has 1 N–H and O–H groups in total. The molecule has 0 unspecified atom stereocenters. The maximum atomic E-state index is 11.0. The van der Waals surface area contributed by atoms with Gasteiger partial charge < -0.3 is 9.84 Å². The van der Waals surface area contributed by atoms with Gasteiger partial charge in [-0.15, -0.1) is 0 Å². The van der Waals surface area contributed by atoms with Crippen LogP contribution in [0.1, 0.15) is 10.4 Å². The van der Waals surface area contributed by atoms with Crippen LogP contribution in [0.25, 0.3) is 0 Å². The minimum Gasteiger partial charge on any atom is -0.478 e. The fraction of sp³-hybridized carbons (Fsp3) is 0. The summed E-state index contributed by atoms with van der Waals surface area (Å²) in [5.74, 6) is -0.980. The summed E-state index contributed by atoms with van der Waals surface area (Å²) in [6.07, 6.45) is 3.14. The predicted octanol–water partition coefficient (Wildman–Crippen LogP) is 3.23. The van der Waals surface area contributed by atoms with Gasteiger partial charge in [-0.25, -0.2) is 14.8 Å². The number of hydrogen-bond donors (Lipinski definition) is 1. The van der Waals surface area contributed by atoms with E-state index in [2.05, 4.69) is 32.6 Å². The summed E-state index contributed by atoms with van der Waals surface area (Å²) < 4.78 is 6.17. The Morgan fingerprint density at radius 3 is 2.61 bits per heavy atom. The number of nitrogens with zero attached hydrogens (tertiary/aromatic N) is 2. The zero-order valence-electron chi connectivity index (χ0n) is 8.80. The molecule has 0 aliphatic carbocycles. The second kappa shape index (κ2) is 5.49. The van der Waals surface area contributed by atoms with Crippen LogP contribution in [0.5, 0.6) is 11.8 Å². The Hall–Kier alpha value is -1.41. The average molecular weight is 377 g/mol. The van der Waals surface area contributed by atoms with E-state index in [-0.39, 0.29) is 17.3 Å². The molecule has 0 atom stereocenters. The van der Waals surface area contributed by atoms with Crippen LogP contribution >= 0.6 is 34.2 Å². The van der Waals surface area contributed by atoms with E-state index in [0.29, 0.717) is 5.02 Å². The second-order valence-corrected chi connectivity index (χ2v) is 4.91. The molecule has 2 aromatic rings. The number of benzene rings is 1. The molecule has 0 radical (unpaired) electrons. The molecular formula is C11H6ClIN2O3. The lowest BCUT2D eigenvalue weighted by Crippen LogP contribution is -2.01. The smallest absolute Gasteiger partial charge is 0.339 e. The van der Waals surface area contributed by atoms with Crippen LogP contribution < -0.4 is 4.74 Å². The summed E-state index contributed by atoms with van der Waals surface area (Å²) in [6, 6.07) is 4.40. The standard InChI is InChI=1S/C11H6ClIN2O3/c12-6-1-2-9(8(3-6)10(16)17)18-11-14-4-7(13)5-15-11/h1-5H,(H,16,17). The van der Waals surface area contributed by atoms with Gasteiger partial charge in [0.2, 0.25) is 0 Å². The predicted molar refractivity (Wildman–Crippen MR) is 73.2 cm³/mol. The van der Waals surface area contributed by atoms with Gasteiger partial charge in [-0.2, -0.15) is 0 Å². The fourth-order valence-electron chi connectivity index (χ4n) is 1.21. The van der Waals surface area contributed by atoms with E-state index in [1.807, 2.05) is 0 Å². The summed E-state index contributed by atoms with van der Waals surface area (Å²) in [6.45, 7) is 0. The van der Waals surface area contributed by atoms with Crippen molar-refractivity contribution in [1.29, 1.82) is 0 Å². The lowest BCUT2D eigenvalue weighted by Gasteiger charge is -2.07. The number of aromatic nitrogens is 2. The van der Waals surface area contributed by atoms with E-state index in [0.717, 1.165) is 3.57 Å². The quantitative estimate of drug-likeness (QED) is 0.833. The number of carbonyl (C=O) groups is 1. The van der Waals surface area contributed by atoms with Gasteiger partial charge in [0.05, 0.1) is 0 Å². The zero-order valence-corrected chi connectivity index (χ0v) is 11.7. The molecule has 18 heavy (non-hydrogen) atoms. The summed E-state index contributed by atoms with van der Waals surface area (Å²) in [4.78, 5) is 18.9. The van der Waals surface area contributed by atoms with Crippen LogP contribution in [-0.2, 0) is 0 Å². The highest BCUT2D eigenvalue weighted by Gasteiger charge is 2.13. The molecule has 5 nitrogen and oxygen atoms in total. The lowest BCUT2D eigenvalue weighted by atomic mass is 10.2. The van der Waals surface area contributed by atoms with Gasteiger partial charge in [-0.05, 0) is 40.8 Å². The Bertz CT molecular complexity index is 589. The molecule has 0 bridgehead atoms. The first-order chi connectivity index (χ1) is 8.56. The van der Waals surface area contributed by atoms with Crippen molar-refractivity contribution < 1.29 is 14.6 Å². The molecule has 0 aliphatic heterocycles. The largest absolute Gasteiger partial charge is 0.478 e. The van der Waals surface area contributed by atoms with Crippen LogP contribution in [-0.4, -0.2) is 21.0 Å². The van der Waals surface area contributed by atoms with Crippen LogP contribution in [0, 0.1) is 3.57 Å². The van der Waals surface area contributed by atoms with Gasteiger partial charge in [0.1, 0.15) is 11.3 Å². The first-order valence-electron chi connectivity index (χ1n) is 4.74. The monoisotopic (exact) mass is 376 g/mol. The van der Waals surface area contributed by atoms with Crippen molar-refractivity contribution in [2.45, 2.75) is 0 Å². The maximum Gasteiger partial charge on any atom is 0.339 e. The molecule has 0 spiro atoms. The maximum absolute atomic E-state index is 11.0. The van der Waals surface area contributed by atoms with Gasteiger partial charge in [0.25, 0.3) is 0 Å². The number of carboxylic acids is 1. The molecule has 1 heterocycles. The van der Waals surface area contributed by atoms with E-state index in [4.69, 9.17) is 21.4 Å². The molecule has 0 fully saturated rings. The molecule has 0 saturated carbocycles. The Balaban J connectivity index is 2.34. The summed E-state index contributed by atoms with van der Waals surface area (Å²) in [5, 5.41) is 9.35. The van der Waals surface area contributed by atoms with Gasteiger partial charge in [-0.1, -0.05) is 11.6 Å². The Kier molecular flexibility index (Phi) is 3.97. The number of hydrogen-bond acceptors (Lipinski definition) is 4. The normalized spacial score (nSPS) is 10.1. The van der Waals surface area contributed by atoms with Gasteiger partial charge in [0.15, 0.2) is 0 Å². The van der Waals surface area contributed by atoms with Crippen molar-refractivity contribution in [3.63, 3.8) is 0 Å². The third-order valence-electron chi connectivity index (χ3n) is 1.97. The fourth-order valence-corrected chi connectivity index (χ4v) is 1.66. The van der Waals surface area contributed by atoms with E-state index >= 15 is 0 Å². The van der Waals surface area contributed by atoms with Crippen molar-refractivity contribution in [3.05, 3.63) is 44.7 Å². The van der Waals surface area contributed by atoms with Crippen LogP contribution in [0.15, 0.2) is 30.6 Å². The molecule has 1 aromatic heterocycles. The van der Waals surface area contributed by atoms with Crippen molar-refractivity contribution in [3.8, 4) is 11.8 Å². The molecule has 7 heteroatoms. The first-order valence-corrected chi connectivity index (χ1v) is 6.20. The van der Waals surface area contributed by atoms with E-state index < -0.39 is 5.97 Å². The number of ether oxygens (including phenoxy) is 1. The first kappa shape index (κ1) is 13.0. The van der Waals surface area contributed by atoms with E-state index in [1.165, 1.54) is 18.2 Å². The van der Waals surface area contributed by atoms with Crippen LogP contribution in [0.4, 0.5) is 0 Å². The second-order valence-electron chi connectivity index (χ2n) is 3.23. The highest BCUT2D eigenvalue weighted by atomic mass is 127. The zero-order chi connectivity index (χ0) is 13.1. The summed E-state index contributed by atoms with van der Waals surface area (Å²) in [5.41, 5.74) is -0.0374. The number of aromatic carboxylic acids is 1. The molecule has 2 rings (SSSR count). The Labute approximate surface area is 121 Å². The SMILES string of the molecule is O=C(O)c1cc(Cl)ccc1Oc1ncc(I)cn1.